The lowest BCUT2D eigenvalue weighted by Crippen LogP contribution is -2.63. The van der Waals surface area contributed by atoms with Crippen LogP contribution in [0.15, 0.2) is 11.6 Å². The van der Waals surface area contributed by atoms with E-state index in [9.17, 15) is 5.11 Å². The predicted molar refractivity (Wildman–Crippen MR) is 241 cm³/mol. The summed E-state index contributed by atoms with van der Waals surface area (Å²) in [5.41, 5.74) is 2.60. The van der Waals surface area contributed by atoms with Gasteiger partial charge in [-0.2, -0.15) is 0 Å². The maximum atomic E-state index is 10.2. The van der Waals surface area contributed by atoms with Crippen LogP contribution in [0.25, 0.3) is 0 Å². The minimum atomic E-state index is -4.64. The van der Waals surface area contributed by atoms with Gasteiger partial charge in [-0.3, -0.25) is 0 Å². The Morgan fingerprint density at radius 2 is 0.814 bits per heavy atom. The van der Waals surface area contributed by atoms with Crippen LogP contribution in [0.5, 0.6) is 0 Å². The van der Waals surface area contributed by atoms with E-state index in [0.717, 1.165) is 48.3 Å². The third-order valence-corrected chi connectivity index (χ3v) is 12.4. The molecular formula is C33H76O31P6. The second kappa shape index (κ2) is 30.8. The lowest BCUT2D eigenvalue weighted by Gasteiger charge is -2.58. The molecule has 0 saturated heterocycles. The standard InChI is InChI=1S/C27H46O.C6H12O6.6H3O4P/c1-18(2)7-6-8-19(3)23-11-12-24-22-10-9-20-17-21(28)13-15-26(20,4)25(22)14-16-27(23,24)5;7-1-2(8)4(10)6(12)5(11)3(1)9;6*1-5(2,3)4/h9,18-19,21-25,28H,6-8,10-17H2,1-5H3;1-12H;6*(H3,1,2,3,4)/t19-,21+,22+,23-,24+,25+,26+,27-;1-,2-,3-,4+,5-,6-;;;;;;/m1......./s1. The summed E-state index contributed by atoms with van der Waals surface area (Å²) in [6.45, 7) is 12.6. The Labute approximate surface area is 403 Å². The highest BCUT2D eigenvalue weighted by Crippen LogP contribution is 2.67. The number of rotatable bonds is 5. The Morgan fingerprint density at radius 3 is 1.13 bits per heavy atom. The summed E-state index contributed by atoms with van der Waals surface area (Å²) in [5, 5.41) is 64.1. The summed E-state index contributed by atoms with van der Waals surface area (Å²) in [4.78, 5) is 129. The molecule has 5 rings (SSSR count). The molecule has 0 heterocycles. The fourth-order valence-electron chi connectivity index (χ4n) is 9.88. The number of aliphatic hydroxyl groups excluding tert-OH is 7. The average molecular weight is 1150 g/mol. The van der Waals surface area contributed by atoms with Gasteiger partial charge >= 0.3 is 46.9 Å². The van der Waals surface area contributed by atoms with Crippen molar-refractivity contribution in [3.05, 3.63) is 11.6 Å². The fourth-order valence-corrected chi connectivity index (χ4v) is 9.88. The molecule has 0 aliphatic heterocycles. The van der Waals surface area contributed by atoms with Gasteiger partial charge in [-0.1, -0.05) is 65.5 Å². The van der Waals surface area contributed by atoms with Gasteiger partial charge in [0, 0.05) is 0 Å². The molecule has 0 unspecified atom stereocenters. The van der Waals surface area contributed by atoms with Crippen LogP contribution in [0.1, 0.15) is 105 Å². The number of phosphoric acid groups is 6. The van der Waals surface area contributed by atoms with E-state index in [1.54, 1.807) is 5.57 Å². The molecule has 0 bridgehead atoms. The highest BCUT2D eigenvalue weighted by Gasteiger charge is 2.59. The summed E-state index contributed by atoms with van der Waals surface area (Å²) in [7, 11) is -27.8. The Morgan fingerprint density at radius 1 is 0.486 bits per heavy atom. The maximum Gasteiger partial charge on any atom is 0.466 e. The quantitative estimate of drug-likeness (QED) is 0.104. The fraction of sp³-hybridized carbons (Fsp3) is 0.939. The molecule has 25 N–H and O–H groups in total. The molecule has 0 spiro atoms. The van der Waals surface area contributed by atoms with Crippen molar-refractivity contribution >= 4 is 46.9 Å². The Kier molecular flexibility index (Phi) is 32.7. The molecule has 5 aliphatic carbocycles. The number of hydrogen-bond acceptors (Lipinski definition) is 13. The zero-order valence-electron chi connectivity index (χ0n) is 38.7. The van der Waals surface area contributed by atoms with Crippen molar-refractivity contribution in [2.75, 3.05) is 0 Å². The Bertz CT molecular complexity index is 1580. The van der Waals surface area contributed by atoms with Gasteiger partial charge < -0.3 is 124 Å². The summed E-state index contributed by atoms with van der Waals surface area (Å²) in [6, 6.07) is 0. The summed E-state index contributed by atoms with van der Waals surface area (Å²) >= 11 is 0. The minimum Gasteiger partial charge on any atom is -0.393 e. The van der Waals surface area contributed by atoms with E-state index in [4.69, 9.17) is 146 Å². The van der Waals surface area contributed by atoms with Gasteiger partial charge in [-0.05, 0) is 97.7 Å². The van der Waals surface area contributed by atoms with Gasteiger partial charge in [-0.15, -0.1) is 0 Å². The van der Waals surface area contributed by atoms with Crippen LogP contribution < -0.4 is 0 Å². The van der Waals surface area contributed by atoms with E-state index in [0.29, 0.717) is 10.8 Å². The van der Waals surface area contributed by atoms with E-state index in [1.165, 1.54) is 57.8 Å². The van der Waals surface area contributed by atoms with Crippen molar-refractivity contribution < 1.29 is 151 Å². The Hall–Kier alpha value is 0.120. The molecule has 4 saturated carbocycles. The molecular weight excluding hydrogens is 1080 g/mol. The first-order valence-electron chi connectivity index (χ1n) is 20.9. The molecule has 37 heteroatoms. The minimum absolute atomic E-state index is 0.0766. The van der Waals surface area contributed by atoms with Gasteiger partial charge in [0.25, 0.3) is 0 Å². The van der Waals surface area contributed by atoms with Crippen molar-refractivity contribution in [1.82, 2.24) is 0 Å². The molecule has 8 atom stereocenters. The topological polar surface area (TPSA) is 608 Å². The second-order valence-electron chi connectivity index (χ2n) is 18.2. The summed E-state index contributed by atoms with van der Waals surface area (Å²) in [5.74, 6) is 5.46. The van der Waals surface area contributed by atoms with Gasteiger partial charge in [0.15, 0.2) is 0 Å². The first kappa shape index (κ1) is 74.4. The number of hydrogen-bond donors (Lipinski definition) is 25. The first-order valence-corrected chi connectivity index (χ1v) is 30.3. The number of aliphatic hydroxyl groups is 7. The van der Waals surface area contributed by atoms with E-state index < -0.39 is 83.6 Å². The third kappa shape index (κ3) is 36.2. The molecule has 0 aromatic carbocycles. The maximum absolute atomic E-state index is 10.2. The molecule has 70 heavy (non-hydrogen) atoms. The van der Waals surface area contributed by atoms with E-state index in [2.05, 4.69) is 40.7 Å². The second-order valence-corrected chi connectivity index (χ2v) is 24.4. The van der Waals surface area contributed by atoms with Crippen LogP contribution in [0, 0.1) is 46.3 Å². The zero-order valence-corrected chi connectivity index (χ0v) is 44.0. The van der Waals surface area contributed by atoms with Crippen molar-refractivity contribution in [2.45, 2.75) is 148 Å². The number of fused-ring (bicyclic) bond motifs is 5. The average Bonchev–Trinajstić information content (AvgIpc) is 3.46. The van der Waals surface area contributed by atoms with Crippen LogP contribution in [-0.4, -0.2) is 167 Å². The van der Waals surface area contributed by atoms with E-state index >= 15 is 0 Å². The van der Waals surface area contributed by atoms with Crippen molar-refractivity contribution in [3.8, 4) is 0 Å². The molecule has 5 aliphatic rings. The van der Waals surface area contributed by atoms with Crippen molar-refractivity contribution in [3.63, 3.8) is 0 Å². The molecule has 0 aromatic rings. The highest BCUT2D eigenvalue weighted by molar-refractivity contribution is 7.46. The lowest BCUT2D eigenvalue weighted by atomic mass is 9.47. The SMILES string of the molecule is CC(C)CCC[C@@H](C)[C@H]1CC[C@H]2[C@@H]3CC=C4C[C@@H](O)CC[C@]4(C)[C@H]3CC[C@]12C.O=P(O)(O)O.O=P(O)(O)O.O=P(O)(O)O.O=P(O)(O)O.O=P(O)(O)O.O=P(O)(O)O.O[C@H]1[C@H](O)[C@@H](O)[C@H](O)[C@@H](O)[C@H]1O. The largest absolute Gasteiger partial charge is 0.466 e. The predicted octanol–water partition coefficient (Wildman–Crippen LogP) is -2.02. The number of allylic oxidation sites excluding steroid dienone is 1. The van der Waals surface area contributed by atoms with Crippen LogP contribution in [0.4, 0.5) is 0 Å². The van der Waals surface area contributed by atoms with Gasteiger partial charge in [0.05, 0.1) is 6.10 Å². The van der Waals surface area contributed by atoms with Crippen LogP contribution in [0.3, 0.4) is 0 Å². The molecule has 0 radical (unpaired) electrons. The molecule has 4 fully saturated rings. The third-order valence-electron chi connectivity index (χ3n) is 12.4. The summed E-state index contributed by atoms with van der Waals surface area (Å²) < 4.78 is 53.3. The molecule has 0 aromatic heterocycles. The van der Waals surface area contributed by atoms with E-state index in [1.807, 2.05) is 0 Å². The molecule has 31 nitrogen and oxygen atoms in total. The summed E-state index contributed by atoms with van der Waals surface area (Å²) in [6.07, 6.45) is 7.32. The normalized spacial score (nSPS) is 33.2. The smallest absolute Gasteiger partial charge is 0.393 e. The van der Waals surface area contributed by atoms with Crippen LogP contribution in [-0.2, 0) is 27.4 Å². The van der Waals surface area contributed by atoms with Crippen molar-refractivity contribution in [1.29, 1.82) is 0 Å². The molecule has 424 valence electrons. The highest BCUT2D eigenvalue weighted by atomic mass is 31.2. The van der Waals surface area contributed by atoms with Crippen LogP contribution in [0.2, 0.25) is 0 Å². The van der Waals surface area contributed by atoms with Gasteiger partial charge in [0.2, 0.25) is 0 Å². The van der Waals surface area contributed by atoms with E-state index in [-0.39, 0.29) is 6.10 Å². The monoisotopic (exact) mass is 1150 g/mol. The van der Waals surface area contributed by atoms with Crippen LogP contribution >= 0.6 is 46.9 Å². The van der Waals surface area contributed by atoms with Gasteiger partial charge in [0.1, 0.15) is 36.6 Å². The Balaban J connectivity index is -0.000000881. The molecule has 0 amide bonds. The zero-order chi connectivity index (χ0) is 56.6. The van der Waals surface area contributed by atoms with Gasteiger partial charge in [-0.25, -0.2) is 27.4 Å². The van der Waals surface area contributed by atoms with Crippen molar-refractivity contribution in [2.24, 2.45) is 46.3 Å². The lowest BCUT2D eigenvalue weighted by molar-refractivity contribution is -0.223. The first-order chi connectivity index (χ1) is 30.7.